The lowest BCUT2D eigenvalue weighted by Crippen LogP contribution is -2.44. The van der Waals surface area contributed by atoms with Gasteiger partial charge in [-0.25, -0.2) is 0 Å². The SMILES string of the molecule is CC1(C)[C@@H]2CC[C@@]1(C)[C@@H](NCc1ccccc1)C2. The van der Waals surface area contributed by atoms with E-state index >= 15 is 0 Å². The smallest absolute Gasteiger partial charge is 0.0208 e. The zero-order valence-electron chi connectivity index (χ0n) is 11.9. The standard InChI is InChI=1S/C17H25N/c1-16(2)14-9-10-17(16,3)15(11-14)18-12-13-7-5-4-6-8-13/h4-8,14-15,18H,9-12H2,1-3H3/t14-,15+,17+/m1/s1. The van der Waals surface area contributed by atoms with Crippen LogP contribution >= 0.6 is 0 Å². The van der Waals surface area contributed by atoms with Crippen molar-refractivity contribution in [2.75, 3.05) is 0 Å². The van der Waals surface area contributed by atoms with E-state index in [4.69, 9.17) is 0 Å². The molecule has 0 aromatic heterocycles. The van der Waals surface area contributed by atoms with Crippen molar-refractivity contribution in [3.63, 3.8) is 0 Å². The Hall–Kier alpha value is -0.820. The molecule has 0 unspecified atom stereocenters. The Kier molecular flexibility index (Phi) is 2.78. The van der Waals surface area contributed by atoms with E-state index in [0.29, 0.717) is 16.9 Å². The summed E-state index contributed by atoms with van der Waals surface area (Å²) in [5.74, 6) is 0.927. The van der Waals surface area contributed by atoms with E-state index in [1.807, 2.05) is 0 Å². The fourth-order valence-electron chi connectivity index (χ4n) is 4.35. The first-order valence-corrected chi connectivity index (χ1v) is 7.31. The van der Waals surface area contributed by atoms with E-state index in [2.05, 4.69) is 56.4 Å². The van der Waals surface area contributed by atoms with E-state index in [9.17, 15) is 0 Å². The fourth-order valence-corrected chi connectivity index (χ4v) is 4.35. The first kappa shape index (κ1) is 12.2. The van der Waals surface area contributed by atoms with Gasteiger partial charge in [-0.2, -0.15) is 0 Å². The Morgan fingerprint density at radius 2 is 1.89 bits per heavy atom. The van der Waals surface area contributed by atoms with Gasteiger partial charge in [-0.1, -0.05) is 51.1 Å². The van der Waals surface area contributed by atoms with Gasteiger partial charge in [-0.15, -0.1) is 0 Å². The molecule has 2 fully saturated rings. The Bertz CT molecular complexity index is 422. The van der Waals surface area contributed by atoms with Gasteiger partial charge in [0.2, 0.25) is 0 Å². The van der Waals surface area contributed by atoms with Crippen molar-refractivity contribution in [1.82, 2.24) is 5.32 Å². The third-order valence-electron chi connectivity index (χ3n) is 6.19. The molecule has 0 amide bonds. The quantitative estimate of drug-likeness (QED) is 0.846. The highest BCUT2D eigenvalue weighted by Gasteiger charge is 2.60. The summed E-state index contributed by atoms with van der Waals surface area (Å²) in [5.41, 5.74) is 2.41. The van der Waals surface area contributed by atoms with Crippen LogP contribution in [0.4, 0.5) is 0 Å². The maximum atomic E-state index is 3.83. The normalized spacial score (nSPS) is 37.1. The van der Waals surface area contributed by atoms with Gasteiger partial charge in [-0.3, -0.25) is 0 Å². The third kappa shape index (κ3) is 1.64. The van der Waals surface area contributed by atoms with E-state index in [-0.39, 0.29) is 0 Å². The monoisotopic (exact) mass is 243 g/mol. The summed E-state index contributed by atoms with van der Waals surface area (Å²) in [7, 11) is 0. The van der Waals surface area contributed by atoms with Crippen LogP contribution in [0.2, 0.25) is 0 Å². The van der Waals surface area contributed by atoms with Gasteiger partial charge in [0.15, 0.2) is 0 Å². The first-order chi connectivity index (χ1) is 8.54. The van der Waals surface area contributed by atoms with E-state index in [1.165, 1.54) is 24.8 Å². The number of nitrogens with one attached hydrogen (secondary N) is 1. The van der Waals surface area contributed by atoms with Crippen molar-refractivity contribution >= 4 is 0 Å². The minimum atomic E-state index is 0.493. The summed E-state index contributed by atoms with van der Waals surface area (Å²) < 4.78 is 0. The van der Waals surface area contributed by atoms with Gasteiger partial charge in [-0.05, 0) is 41.6 Å². The van der Waals surface area contributed by atoms with Gasteiger partial charge < -0.3 is 5.32 Å². The van der Waals surface area contributed by atoms with Crippen molar-refractivity contribution in [2.45, 2.75) is 52.6 Å². The second kappa shape index (κ2) is 4.09. The van der Waals surface area contributed by atoms with Gasteiger partial charge in [0, 0.05) is 12.6 Å². The molecule has 2 bridgehead atoms. The molecule has 3 rings (SSSR count). The second-order valence-corrected chi connectivity index (χ2v) is 7.03. The van der Waals surface area contributed by atoms with Crippen molar-refractivity contribution < 1.29 is 0 Å². The number of hydrogen-bond acceptors (Lipinski definition) is 1. The average Bonchev–Trinajstić information content (AvgIpc) is 2.70. The van der Waals surface area contributed by atoms with Crippen molar-refractivity contribution in [1.29, 1.82) is 0 Å². The Balaban J connectivity index is 1.69. The lowest BCUT2D eigenvalue weighted by atomic mass is 9.69. The first-order valence-electron chi connectivity index (χ1n) is 7.31. The molecule has 2 aliphatic carbocycles. The molecule has 0 radical (unpaired) electrons. The molecule has 1 N–H and O–H groups in total. The molecule has 3 atom stereocenters. The van der Waals surface area contributed by atoms with Crippen LogP contribution in [-0.4, -0.2) is 6.04 Å². The molecule has 1 nitrogen and oxygen atoms in total. The summed E-state index contributed by atoms with van der Waals surface area (Å²) in [5, 5.41) is 3.83. The summed E-state index contributed by atoms with van der Waals surface area (Å²) >= 11 is 0. The van der Waals surface area contributed by atoms with Crippen LogP contribution in [0, 0.1) is 16.7 Å². The Morgan fingerprint density at radius 1 is 1.17 bits per heavy atom. The average molecular weight is 243 g/mol. The number of rotatable bonds is 3. The fraction of sp³-hybridized carbons (Fsp3) is 0.647. The predicted octanol–water partition coefficient (Wildman–Crippen LogP) is 3.99. The molecule has 1 aromatic rings. The van der Waals surface area contributed by atoms with Gasteiger partial charge >= 0.3 is 0 Å². The van der Waals surface area contributed by atoms with Crippen LogP contribution in [0.5, 0.6) is 0 Å². The maximum Gasteiger partial charge on any atom is 0.0208 e. The van der Waals surface area contributed by atoms with E-state index in [1.54, 1.807) is 0 Å². The third-order valence-corrected chi connectivity index (χ3v) is 6.19. The van der Waals surface area contributed by atoms with E-state index < -0.39 is 0 Å². The molecule has 0 saturated heterocycles. The highest BCUT2D eigenvalue weighted by molar-refractivity contribution is 5.17. The largest absolute Gasteiger partial charge is 0.309 e. The molecule has 1 heteroatoms. The van der Waals surface area contributed by atoms with Gasteiger partial charge in [0.1, 0.15) is 0 Å². The molecule has 98 valence electrons. The number of hydrogen-bond donors (Lipinski definition) is 1. The Labute approximate surface area is 111 Å². The molecule has 1 aromatic carbocycles. The summed E-state index contributed by atoms with van der Waals surface area (Å²) in [6, 6.07) is 11.5. The molecular weight excluding hydrogens is 218 g/mol. The van der Waals surface area contributed by atoms with Crippen LogP contribution in [0.3, 0.4) is 0 Å². The van der Waals surface area contributed by atoms with E-state index in [0.717, 1.165) is 12.5 Å². The van der Waals surface area contributed by atoms with Crippen LogP contribution in [0.1, 0.15) is 45.6 Å². The van der Waals surface area contributed by atoms with Crippen LogP contribution in [-0.2, 0) is 6.54 Å². The molecule has 0 spiro atoms. The van der Waals surface area contributed by atoms with Crippen molar-refractivity contribution in [3.8, 4) is 0 Å². The lowest BCUT2D eigenvalue weighted by molar-refractivity contribution is 0.120. The van der Waals surface area contributed by atoms with Gasteiger partial charge in [0.05, 0.1) is 0 Å². The molecular formula is C17H25N. The minimum absolute atomic E-state index is 0.493. The van der Waals surface area contributed by atoms with Gasteiger partial charge in [0.25, 0.3) is 0 Å². The summed E-state index contributed by atoms with van der Waals surface area (Å²) in [4.78, 5) is 0. The van der Waals surface area contributed by atoms with Crippen molar-refractivity contribution in [2.24, 2.45) is 16.7 Å². The molecule has 0 aliphatic heterocycles. The van der Waals surface area contributed by atoms with Crippen LogP contribution in [0.15, 0.2) is 30.3 Å². The predicted molar refractivity (Wildman–Crippen MR) is 76.3 cm³/mol. The lowest BCUT2D eigenvalue weighted by Gasteiger charge is -2.39. The summed E-state index contributed by atoms with van der Waals surface area (Å²) in [6.07, 6.45) is 4.21. The molecule has 2 saturated carbocycles. The second-order valence-electron chi connectivity index (χ2n) is 7.03. The molecule has 0 heterocycles. The maximum absolute atomic E-state index is 3.83. The highest BCUT2D eigenvalue weighted by atomic mass is 15.0. The topological polar surface area (TPSA) is 12.0 Å². The minimum Gasteiger partial charge on any atom is -0.309 e. The molecule has 18 heavy (non-hydrogen) atoms. The number of fused-ring (bicyclic) bond motifs is 2. The highest BCUT2D eigenvalue weighted by Crippen LogP contribution is 2.65. The number of benzene rings is 1. The van der Waals surface area contributed by atoms with Crippen LogP contribution in [0.25, 0.3) is 0 Å². The summed E-state index contributed by atoms with van der Waals surface area (Å²) in [6.45, 7) is 8.48. The zero-order chi connectivity index (χ0) is 12.8. The van der Waals surface area contributed by atoms with Crippen LogP contribution < -0.4 is 5.32 Å². The zero-order valence-corrected chi connectivity index (χ0v) is 11.9. The molecule has 2 aliphatic rings. The Morgan fingerprint density at radius 3 is 2.44 bits per heavy atom. The van der Waals surface area contributed by atoms with Crippen molar-refractivity contribution in [3.05, 3.63) is 35.9 Å².